The van der Waals surface area contributed by atoms with Gasteiger partial charge in [-0.15, -0.1) is 0 Å². The smallest absolute Gasteiger partial charge is 0.224 e. The van der Waals surface area contributed by atoms with Crippen molar-refractivity contribution in [3.63, 3.8) is 0 Å². The van der Waals surface area contributed by atoms with Crippen LogP contribution in [0.2, 0.25) is 0 Å². The summed E-state index contributed by atoms with van der Waals surface area (Å²) in [4.78, 5) is 11.7. The van der Waals surface area contributed by atoms with Crippen molar-refractivity contribution in [1.82, 2.24) is 5.32 Å². The first-order chi connectivity index (χ1) is 8.02. The number of halogens is 1. The summed E-state index contributed by atoms with van der Waals surface area (Å²) < 4.78 is 0. The lowest BCUT2D eigenvalue weighted by Crippen LogP contribution is -2.30. The third kappa shape index (κ3) is 4.90. The second-order valence-corrected chi connectivity index (χ2v) is 5.31. The van der Waals surface area contributed by atoms with Crippen molar-refractivity contribution in [2.75, 3.05) is 11.9 Å². The molecule has 0 heterocycles. The van der Waals surface area contributed by atoms with Gasteiger partial charge in [-0.2, -0.15) is 0 Å². The van der Waals surface area contributed by atoms with E-state index in [0.29, 0.717) is 12.3 Å². The molecule has 1 rings (SSSR count). The number of hydrogen-bond donors (Lipinski definition) is 1. The summed E-state index contributed by atoms with van der Waals surface area (Å²) in [5, 5.41) is 3.86. The molecular formula is C14H20BrNO. The Hall–Kier alpha value is -0.830. The van der Waals surface area contributed by atoms with E-state index in [1.807, 2.05) is 6.07 Å². The van der Waals surface area contributed by atoms with Crippen LogP contribution < -0.4 is 5.32 Å². The molecule has 1 unspecified atom stereocenters. The molecule has 0 fully saturated rings. The first-order valence-corrected chi connectivity index (χ1v) is 7.04. The molecule has 3 heteroatoms. The molecule has 1 N–H and O–H groups in total. The largest absolute Gasteiger partial charge is 0.356 e. The van der Waals surface area contributed by atoms with Crippen LogP contribution >= 0.6 is 15.9 Å². The van der Waals surface area contributed by atoms with Gasteiger partial charge < -0.3 is 5.32 Å². The Labute approximate surface area is 112 Å². The lowest BCUT2D eigenvalue weighted by Gasteiger charge is -2.10. The molecule has 0 aliphatic carbocycles. The van der Waals surface area contributed by atoms with Gasteiger partial charge in [0.25, 0.3) is 0 Å². The van der Waals surface area contributed by atoms with Crippen molar-refractivity contribution in [3.05, 3.63) is 34.9 Å². The number of rotatable bonds is 5. The SMILES string of the molecule is Cc1ccc(CC(=O)NCC(C)CBr)cc1C. The van der Waals surface area contributed by atoms with Gasteiger partial charge >= 0.3 is 0 Å². The minimum Gasteiger partial charge on any atom is -0.356 e. The van der Waals surface area contributed by atoms with Gasteiger partial charge in [0.1, 0.15) is 0 Å². The molecule has 0 spiro atoms. The van der Waals surface area contributed by atoms with Crippen LogP contribution in [-0.2, 0) is 11.2 Å². The van der Waals surface area contributed by atoms with E-state index < -0.39 is 0 Å². The first-order valence-electron chi connectivity index (χ1n) is 5.91. The molecule has 17 heavy (non-hydrogen) atoms. The van der Waals surface area contributed by atoms with E-state index in [1.54, 1.807) is 0 Å². The fourth-order valence-electron chi connectivity index (χ4n) is 1.50. The van der Waals surface area contributed by atoms with Crippen LogP contribution in [-0.4, -0.2) is 17.8 Å². The van der Waals surface area contributed by atoms with Gasteiger partial charge in [0.05, 0.1) is 6.42 Å². The Bertz CT molecular complexity index is 390. The molecule has 0 saturated heterocycles. The highest BCUT2D eigenvalue weighted by molar-refractivity contribution is 9.09. The normalized spacial score (nSPS) is 12.2. The predicted octanol–water partition coefficient (Wildman–Crippen LogP) is 2.99. The van der Waals surface area contributed by atoms with Gasteiger partial charge in [-0.1, -0.05) is 41.1 Å². The van der Waals surface area contributed by atoms with Crippen LogP contribution in [0.25, 0.3) is 0 Å². The molecule has 2 nitrogen and oxygen atoms in total. The van der Waals surface area contributed by atoms with Gasteiger partial charge in [0.15, 0.2) is 0 Å². The molecule has 0 bridgehead atoms. The zero-order chi connectivity index (χ0) is 12.8. The number of hydrogen-bond acceptors (Lipinski definition) is 1. The van der Waals surface area contributed by atoms with Crippen LogP contribution in [0.4, 0.5) is 0 Å². The second kappa shape index (κ2) is 6.80. The van der Waals surface area contributed by atoms with Crippen molar-refractivity contribution in [2.24, 2.45) is 5.92 Å². The first kappa shape index (κ1) is 14.2. The van der Waals surface area contributed by atoms with Crippen molar-refractivity contribution in [3.8, 4) is 0 Å². The molecule has 0 aliphatic heterocycles. The summed E-state index contributed by atoms with van der Waals surface area (Å²) in [5.41, 5.74) is 3.59. The fraction of sp³-hybridized carbons (Fsp3) is 0.500. The van der Waals surface area contributed by atoms with Gasteiger partial charge in [0, 0.05) is 11.9 Å². The van der Waals surface area contributed by atoms with Crippen molar-refractivity contribution >= 4 is 21.8 Å². The van der Waals surface area contributed by atoms with Gasteiger partial charge in [-0.05, 0) is 36.5 Å². The molecule has 1 aromatic rings. The standard InChI is InChI=1S/C14H20BrNO/c1-10(8-15)9-16-14(17)7-13-5-4-11(2)12(3)6-13/h4-6,10H,7-9H2,1-3H3,(H,16,17). The van der Waals surface area contributed by atoms with E-state index in [4.69, 9.17) is 0 Å². The summed E-state index contributed by atoms with van der Waals surface area (Å²) in [7, 11) is 0. The molecule has 1 aromatic carbocycles. The molecule has 0 radical (unpaired) electrons. The maximum absolute atomic E-state index is 11.7. The number of carbonyl (C=O) groups excluding carboxylic acids is 1. The van der Waals surface area contributed by atoms with E-state index >= 15 is 0 Å². The quantitative estimate of drug-likeness (QED) is 0.832. The maximum atomic E-state index is 11.7. The topological polar surface area (TPSA) is 29.1 Å². The third-order valence-electron chi connectivity index (χ3n) is 2.85. The number of nitrogens with one attached hydrogen (secondary N) is 1. The fourth-order valence-corrected chi connectivity index (χ4v) is 1.73. The molecule has 0 saturated carbocycles. The maximum Gasteiger partial charge on any atom is 0.224 e. The van der Waals surface area contributed by atoms with Crippen molar-refractivity contribution < 1.29 is 4.79 Å². The number of benzene rings is 1. The molecule has 94 valence electrons. The highest BCUT2D eigenvalue weighted by atomic mass is 79.9. The Morgan fingerprint density at radius 1 is 1.35 bits per heavy atom. The summed E-state index contributed by atoms with van der Waals surface area (Å²) in [6, 6.07) is 6.18. The van der Waals surface area contributed by atoms with E-state index in [1.165, 1.54) is 11.1 Å². The van der Waals surface area contributed by atoms with Gasteiger partial charge in [-0.25, -0.2) is 0 Å². The van der Waals surface area contributed by atoms with Crippen LogP contribution in [0.15, 0.2) is 18.2 Å². The molecule has 1 amide bonds. The summed E-state index contributed by atoms with van der Waals surface area (Å²) in [6.07, 6.45) is 0.468. The Balaban J connectivity index is 2.48. The zero-order valence-corrected chi connectivity index (χ0v) is 12.3. The third-order valence-corrected chi connectivity index (χ3v) is 3.95. The highest BCUT2D eigenvalue weighted by Crippen LogP contribution is 2.10. The predicted molar refractivity (Wildman–Crippen MR) is 75.6 cm³/mol. The lowest BCUT2D eigenvalue weighted by atomic mass is 10.0. The molecule has 0 aromatic heterocycles. The minimum atomic E-state index is 0.0982. The van der Waals surface area contributed by atoms with E-state index in [2.05, 4.69) is 54.2 Å². The highest BCUT2D eigenvalue weighted by Gasteiger charge is 2.06. The summed E-state index contributed by atoms with van der Waals surface area (Å²) in [6.45, 7) is 6.99. The Morgan fingerprint density at radius 3 is 2.65 bits per heavy atom. The van der Waals surface area contributed by atoms with Crippen LogP contribution in [0.5, 0.6) is 0 Å². The molecule has 1 atom stereocenters. The average Bonchev–Trinajstić information content (AvgIpc) is 2.31. The van der Waals surface area contributed by atoms with E-state index in [-0.39, 0.29) is 5.91 Å². The number of alkyl halides is 1. The number of carbonyl (C=O) groups is 1. The van der Waals surface area contributed by atoms with Crippen molar-refractivity contribution in [2.45, 2.75) is 27.2 Å². The van der Waals surface area contributed by atoms with E-state index in [0.717, 1.165) is 17.4 Å². The second-order valence-electron chi connectivity index (χ2n) is 4.66. The van der Waals surface area contributed by atoms with Crippen molar-refractivity contribution in [1.29, 1.82) is 0 Å². The molecular weight excluding hydrogens is 278 g/mol. The number of amides is 1. The molecule has 0 aliphatic rings. The van der Waals surface area contributed by atoms with Gasteiger partial charge in [0.2, 0.25) is 5.91 Å². The van der Waals surface area contributed by atoms with Crippen LogP contribution in [0.1, 0.15) is 23.6 Å². The van der Waals surface area contributed by atoms with Crippen LogP contribution in [0, 0.1) is 19.8 Å². The number of aryl methyl sites for hydroxylation is 2. The van der Waals surface area contributed by atoms with E-state index in [9.17, 15) is 4.79 Å². The monoisotopic (exact) mass is 297 g/mol. The summed E-state index contributed by atoms with van der Waals surface area (Å²) >= 11 is 3.40. The average molecular weight is 298 g/mol. The zero-order valence-electron chi connectivity index (χ0n) is 10.7. The van der Waals surface area contributed by atoms with Gasteiger partial charge in [-0.3, -0.25) is 4.79 Å². The minimum absolute atomic E-state index is 0.0982. The Morgan fingerprint density at radius 2 is 2.06 bits per heavy atom. The summed E-state index contributed by atoms with van der Waals surface area (Å²) in [5.74, 6) is 0.569. The lowest BCUT2D eigenvalue weighted by molar-refractivity contribution is -0.120. The Kier molecular flexibility index (Phi) is 5.69. The van der Waals surface area contributed by atoms with Crippen LogP contribution in [0.3, 0.4) is 0 Å².